The van der Waals surface area contributed by atoms with E-state index in [2.05, 4.69) is 10.3 Å². The molecule has 6 rings (SSSR count). The third-order valence-corrected chi connectivity index (χ3v) is 8.80. The van der Waals surface area contributed by atoms with Gasteiger partial charge in [0, 0.05) is 63.6 Å². The molecule has 2 bridgehead atoms. The molecule has 2 atom stereocenters. The van der Waals surface area contributed by atoms with Gasteiger partial charge in [0.1, 0.15) is 12.3 Å². The van der Waals surface area contributed by atoms with E-state index in [9.17, 15) is 14.4 Å². The number of likely N-dealkylation sites (tertiary alicyclic amines) is 1. The summed E-state index contributed by atoms with van der Waals surface area (Å²) in [5.74, 6) is 0.249. The average Bonchev–Trinajstić information content (AvgIpc) is 3.69. The molecule has 0 radical (unpaired) electrons. The number of fused-ring (bicyclic) bond motifs is 5. The number of methoxy groups -OCH3 is 1. The molecule has 13 nitrogen and oxygen atoms in total. The van der Waals surface area contributed by atoms with Gasteiger partial charge in [0.2, 0.25) is 11.8 Å². The van der Waals surface area contributed by atoms with E-state index in [1.807, 2.05) is 52.9 Å². The van der Waals surface area contributed by atoms with E-state index in [1.54, 1.807) is 18.1 Å². The molecule has 3 aromatic rings. The Morgan fingerprint density at radius 1 is 1.09 bits per heavy atom. The van der Waals surface area contributed by atoms with Crippen molar-refractivity contribution in [3.63, 3.8) is 0 Å². The van der Waals surface area contributed by atoms with Crippen LogP contribution in [-0.4, -0.2) is 108 Å². The van der Waals surface area contributed by atoms with Crippen LogP contribution in [0.4, 0.5) is 0 Å². The molecular formula is C33H41N5O8. The first-order valence-electron chi connectivity index (χ1n) is 15.6. The Kier molecular flexibility index (Phi) is 10.7. The third-order valence-electron chi connectivity index (χ3n) is 8.80. The van der Waals surface area contributed by atoms with E-state index in [-0.39, 0.29) is 42.6 Å². The van der Waals surface area contributed by atoms with Gasteiger partial charge >= 0.3 is 0 Å². The maximum Gasteiger partial charge on any atom is 0.290 e. The molecule has 246 valence electrons. The van der Waals surface area contributed by atoms with E-state index < -0.39 is 5.92 Å². The fourth-order valence-corrected chi connectivity index (χ4v) is 6.50. The number of rotatable bonds is 3. The van der Waals surface area contributed by atoms with E-state index in [1.165, 1.54) is 0 Å². The molecule has 0 unspecified atom stereocenters. The Labute approximate surface area is 267 Å². The zero-order chi connectivity index (χ0) is 32.6. The highest BCUT2D eigenvalue weighted by atomic mass is 16.5. The second-order valence-electron chi connectivity index (χ2n) is 11.7. The van der Waals surface area contributed by atoms with Crippen LogP contribution in [-0.2, 0) is 19.1 Å². The molecule has 2 fully saturated rings. The van der Waals surface area contributed by atoms with Gasteiger partial charge in [0.15, 0.2) is 11.5 Å². The second-order valence-corrected chi connectivity index (χ2v) is 11.7. The number of carboxylic acid groups (broad SMARTS) is 1. The molecule has 3 aliphatic heterocycles. The molecule has 46 heavy (non-hydrogen) atoms. The first-order valence-corrected chi connectivity index (χ1v) is 15.6. The summed E-state index contributed by atoms with van der Waals surface area (Å²) < 4.78 is 19.1. The van der Waals surface area contributed by atoms with Crippen molar-refractivity contribution in [3.8, 4) is 11.5 Å². The van der Waals surface area contributed by atoms with E-state index >= 15 is 0 Å². The highest BCUT2D eigenvalue weighted by Crippen LogP contribution is 2.38. The maximum absolute atomic E-state index is 13.8. The fraction of sp³-hybridized carbons (Fsp3) is 0.485. The van der Waals surface area contributed by atoms with Crippen molar-refractivity contribution in [2.75, 3.05) is 59.7 Å². The van der Waals surface area contributed by atoms with Crippen LogP contribution in [0.15, 0.2) is 42.7 Å². The van der Waals surface area contributed by atoms with Crippen LogP contribution in [0.1, 0.15) is 46.8 Å². The quantitative estimate of drug-likeness (QED) is 0.413. The zero-order valence-electron chi connectivity index (χ0n) is 26.2. The van der Waals surface area contributed by atoms with Crippen molar-refractivity contribution in [1.29, 1.82) is 0 Å². The average molecular weight is 636 g/mol. The molecule has 13 heteroatoms. The van der Waals surface area contributed by atoms with E-state index in [0.29, 0.717) is 75.1 Å². The van der Waals surface area contributed by atoms with Gasteiger partial charge in [0.05, 0.1) is 30.8 Å². The molecule has 3 aliphatic rings. The standard InChI is InChI=1S/C32H39N5O6.CH2O2/c1-21-18-36-11-3-5-24(29(36)34-21)32(40)37-19-25-23-6-7-27(41-2)28(17-23)43-16-13-35(31(39)22-8-14-42-15-9-22)12-4-10-33-30(38)26(25)20-37;2-1-3/h3,5-7,11,17-18,22,25-26H,4,8-10,12-16,19-20H2,1-2H3,(H,33,38);1H,(H,2,3)/t25-,26+;/m1./s1. The van der Waals surface area contributed by atoms with E-state index in [4.69, 9.17) is 24.1 Å². The smallest absolute Gasteiger partial charge is 0.290 e. The van der Waals surface area contributed by atoms with Crippen LogP contribution in [0.3, 0.4) is 0 Å². The topological polar surface area (TPSA) is 152 Å². The predicted molar refractivity (Wildman–Crippen MR) is 167 cm³/mol. The third kappa shape index (κ3) is 7.25. The Hall–Kier alpha value is -4.65. The summed E-state index contributed by atoms with van der Waals surface area (Å²) in [5.41, 5.74) is 2.84. The molecule has 2 N–H and O–H groups in total. The number of benzene rings is 1. The van der Waals surface area contributed by atoms with Gasteiger partial charge < -0.3 is 38.8 Å². The minimum Gasteiger partial charge on any atom is -0.493 e. The minimum absolute atomic E-state index is 0.0559. The number of aryl methyl sites for hydroxylation is 1. The highest BCUT2D eigenvalue weighted by Gasteiger charge is 2.41. The van der Waals surface area contributed by atoms with Gasteiger partial charge in [-0.2, -0.15) is 0 Å². The number of hydrogen-bond acceptors (Lipinski definition) is 8. The van der Waals surface area contributed by atoms with Crippen molar-refractivity contribution in [2.45, 2.75) is 32.1 Å². The van der Waals surface area contributed by atoms with Crippen molar-refractivity contribution in [1.82, 2.24) is 24.5 Å². The Bertz CT molecular complexity index is 1550. The van der Waals surface area contributed by atoms with Gasteiger partial charge in [0.25, 0.3) is 12.4 Å². The largest absolute Gasteiger partial charge is 0.493 e. The number of amides is 3. The first-order chi connectivity index (χ1) is 22.3. The van der Waals surface area contributed by atoms with Crippen LogP contribution in [0, 0.1) is 18.8 Å². The van der Waals surface area contributed by atoms with Crippen LogP contribution in [0.2, 0.25) is 0 Å². The van der Waals surface area contributed by atoms with Crippen molar-refractivity contribution >= 4 is 29.8 Å². The summed E-state index contributed by atoms with van der Waals surface area (Å²) in [5, 5.41) is 9.99. The predicted octanol–water partition coefficient (Wildman–Crippen LogP) is 2.36. The lowest BCUT2D eigenvalue weighted by Crippen LogP contribution is -2.42. The summed E-state index contributed by atoms with van der Waals surface area (Å²) in [6.07, 6.45) is 5.82. The Morgan fingerprint density at radius 3 is 2.61 bits per heavy atom. The van der Waals surface area contributed by atoms with Gasteiger partial charge in [-0.05, 0) is 56.0 Å². The Balaban J connectivity index is 0.00000134. The van der Waals surface area contributed by atoms with Crippen LogP contribution < -0.4 is 14.8 Å². The molecule has 5 heterocycles. The summed E-state index contributed by atoms with van der Waals surface area (Å²) in [4.78, 5) is 57.4. The van der Waals surface area contributed by atoms with Crippen molar-refractivity contribution in [2.24, 2.45) is 11.8 Å². The fourth-order valence-electron chi connectivity index (χ4n) is 6.50. The lowest BCUT2D eigenvalue weighted by molar-refractivity contribution is -0.139. The number of carbonyl (C=O) groups excluding carboxylic acids is 3. The molecule has 0 saturated carbocycles. The molecule has 1 aromatic carbocycles. The molecule has 3 amide bonds. The second kappa shape index (κ2) is 15.1. The molecular weight excluding hydrogens is 594 g/mol. The molecule has 2 saturated heterocycles. The highest BCUT2D eigenvalue weighted by molar-refractivity contribution is 6.00. The van der Waals surface area contributed by atoms with Crippen LogP contribution in [0.25, 0.3) is 5.65 Å². The first kappa shape index (κ1) is 32.7. The number of nitrogens with one attached hydrogen (secondary N) is 1. The van der Waals surface area contributed by atoms with Gasteiger partial charge in [-0.1, -0.05) is 6.07 Å². The maximum atomic E-state index is 13.8. The number of pyridine rings is 1. The van der Waals surface area contributed by atoms with Crippen LogP contribution in [0.5, 0.6) is 11.5 Å². The summed E-state index contributed by atoms with van der Waals surface area (Å²) in [6.45, 7) is 5.22. The van der Waals surface area contributed by atoms with E-state index in [0.717, 1.165) is 24.1 Å². The van der Waals surface area contributed by atoms with Gasteiger partial charge in [-0.25, -0.2) is 4.98 Å². The van der Waals surface area contributed by atoms with Gasteiger partial charge in [-0.3, -0.25) is 19.2 Å². The SMILES string of the molecule is COc1ccc2cc1OCCN(C(=O)C1CCOCC1)CCCNC(=O)[C@H]1CN(C(=O)c3cccn4cc(C)nc34)C[C@H]21.O=CO. The van der Waals surface area contributed by atoms with Crippen LogP contribution >= 0.6 is 0 Å². The molecule has 0 spiro atoms. The minimum atomic E-state index is -0.450. The summed E-state index contributed by atoms with van der Waals surface area (Å²) in [7, 11) is 1.59. The number of nitrogens with zero attached hydrogens (tertiary/aromatic N) is 4. The lowest BCUT2D eigenvalue weighted by atomic mass is 9.88. The number of hydrogen-bond donors (Lipinski definition) is 2. The lowest BCUT2D eigenvalue weighted by Gasteiger charge is -2.30. The Morgan fingerprint density at radius 2 is 1.85 bits per heavy atom. The van der Waals surface area contributed by atoms with Crippen molar-refractivity contribution < 1.29 is 38.5 Å². The number of carbonyl (C=O) groups is 4. The number of ether oxygens (including phenoxy) is 3. The van der Waals surface area contributed by atoms with Gasteiger partial charge in [-0.15, -0.1) is 0 Å². The monoisotopic (exact) mass is 635 g/mol. The summed E-state index contributed by atoms with van der Waals surface area (Å²) >= 11 is 0. The molecule has 0 aliphatic carbocycles. The molecule has 2 aromatic heterocycles. The van der Waals surface area contributed by atoms with Crippen molar-refractivity contribution in [3.05, 3.63) is 59.5 Å². The zero-order valence-corrected chi connectivity index (χ0v) is 26.2. The summed E-state index contributed by atoms with van der Waals surface area (Å²) in [6, 6.07) is 9.32. The normalized spacial score (nSPS) is 20.8. The number of imidazole rings is 1. The number of aromatic nitrogens is 2.